The second-order valence-electron chi connectivity index (χ2n) is 10.8. The van der Waals surface area contributed by atoms with Crippen LogP contribution in [0.5, 0.6) is 0 Å². The number of halogens is 4. The van der Waals surface area contributed by atoms with Gasteiger partial charge in [0.05, 0.1) is 23.5 Å². The Morgan fingerprint density at radius 2 is 2.05 bits per heavy atom. The molecule has 2 heterocycles. The first-order chi connectivity index (χ1) is 17.2. The molecule has 0 aromatic heterocycles. The summed E-state index contributed by atoms with van der Waals surface area (Å²) < 4.78 is 40.1. The van der Waals surface area contributed by atoms with E-state index in [1.165, 1.54) is 19.1 Å². The summed E-state index contributed by atoms with van der Waals surface area (Å²) in [6.07, 6.45) is 6.22. The summed E-state index contributed by atoms with van der Waals surface area (Å²) in [7, 11) is 1.60. The van der Waals surface area contributed by atoms with Crippen molar-refractivity contribution >= 4 is 29.2 Å². The van der Waals surface area contributed by atoms with Gasteiger partial charge in [0.2, 0.25) is 0 Å². The highest BCUT2D eigenvalue weighted by Gasteiger charge is 2.69. The molecular formula is C28H32Cl2F2N2O3. The molecule has 0 bridgehead atoms. The minimum absolute atomic E-state index is 0.111. The van der Waals surface area contributed by atoms with E-state index in [0.717, 1.165) is 6.08 Å². The van der Waals surface area contributed by atoms with Gasteiger partial charge in [0.1, 0.15) is 17.3 Å². The van der Waals surface area contributed by atoms with Crippen LogP contribution < -0.4 is 0 Å². The third-order valence-electron chi connectivity index (χ3n) is 6.99. The number of methoxy groups -OCH3 is 1. The number of carbonyl (C=O) groups excluding carboxylic acids is 1. The highest BCUT2D eigenvalue weighted by molar-refractivity contribution is 6.31. The molecule has 0 N–H and O–H groups in total. The normalized spacial score (nSPS) is 28.5. The number of rotatable bonds is 8. The van der Waals surface area contributed by atoms with Crippen LogP contribution in [-0.4, -0.2) is 42.4 Å². The van der Waals surface area contributed by atoms with Crippen molar-refractivity contribution in [1.29, 1.82) is 5.26 Å². The zero-order chi connectivity index (χ0) is 27.8. The molecule has 0 saturated carbocycles. The predicted octanol–water partition coefficient (Wildman–Crippen LogP) is 7.03. The van der Waals surface area contributed by atoms with Crippen LogP contribution in [0.25, 0.3) is 0 Å². The van der Waals surface area contributed by atoms with Gasteiger partial charge in [0, 0.05) is 24.1 Å². The fourth-order valence-corrected chi connectivity index (χ4v) is 6.14. The van der Waals surface area contributed by atoms with E-state index in [4.69, 9.17) is 32.7 Å². The average Bonchev–Trinajstić information content (AvgIpc) is 3.18. The number of ether oxygens (including phenoxy) is 2. The van der Waals surface area contributed by atoms with Gasteiger partial charge in [-0.1, -0.05) is 61.3 Å². The zero-order valence-electron chi connectivity index (χ0n) is 21.8. The molecule has 0 spiro atoms. The lowest BCUT2D eigenvalue weighted by molar-refractivity contribution is -0.152. The van der Waals surface area contributed by atoms with Crippen molar-refractivity contribution in [1.82, 2.24) is 4.90 Å². The minimum Gasteiger partial charge on any atom is -0.443 e. The SMILES string of the molecule is COCC(C)(C)C[C@@H]1N2[C@@H](C(=O)OC2(C)C)[C@H](c2cccc(Cl)c2F)[C@@]1(C#N)/C=C/C=C(Cl)\C=C(/C)F. The van der Waals surface area contributed by atoms with Crippen molar-refractivity contribution in [3.8, 4) is 6.07 Å². The van der Waals surface area contributed by atoms with Gasteiger partial charge in [0.15, 0.2) is 5.72 Å². The molecule has 2 saturated heterocycles. The monoisotopic (exact) mass is 552 g/mol. The van der Waals surface area contributed by atoms with Gasteiger partial charge in [-0.2, -0.15) is 5.26 Å². The molecule has 0 amide bonds. The van der Waals surface area contributed by atoms with Crippen LogP contribution in [-0.2, 0) is 14.3 Å². The molecule has 0 aliphatic carbocycles. The van der Waals surface area contributed by atoms with Crippen molar-refractivity contribution in [2.75, 3.05) is 13.7 Å². The lowest BCUT2D eigenvalue weighted by Gasteiger charge is -2.41. The lowest BCUT2D eigenvalue weighted by Crippen LogP contribution is -2.51. The van der Waals surface area contributed by atoms with Crippen LogP contribution >= 0.6 is 23.2 Å². The Hall–Kier alpha value is -2.24. The molecule has 1 aromatic carbocycles. The van der Waals surface area contributed by atoms with Crippen LogP contribution in [0.1, 0.15) is 52.5 Å². The van der Waals surface area contributed by atoms with Crippen LogP contribution in [0.3, 0.4) is 0 Å². The molecule has 2 aliphatic heterocycles. The van der Waals surface area contributed by atoms with Gasteiger partial charge >= 0.3 is 5.97 Å². The Labute approximate surface area is 227 Å². The van der Waals surface area contributed by atoms with Gasteiger partial charge in [-0.05, 0) is 56.4 Å². The van der Waals surface area contributed by atoms with Crippen LogP contribution in [0, 0.1) is 28.0 Å². The van der Waals surface area contributed by atoms with Gasteiger partial charge in [-0.15, -0.1) is 0 Å². The van der Waals surface area contributed by atoms with E-state index in [1.807, 2.05) is 18.7 Å². The van der Waals surface area contributed by atoms with Crippen molar-refractivity contribution in [3.63, 3.8) is 0 Å². The van der Waals surface area contributed by atoms with Gasteiger partial charge in [-0.25, -0.2) is 13.7 Å². The Morgan fingerprint density at radius 3 is 2.65 bits per heavy atom. The molecule has 0 radical (unpaired) electrons. The van der Waals surface area contributed by atoms with E-state index in [-0.39, 0.29) is 15.6 Å². The maximum Gasteiger partial charge on any atom is 0.325 e. The Morgan fingerprint density at radius 1 is 1.38 bits per heavy atom. The topological polar surface area (TPSA) is 62.6 Å². The van der Waals surface area contributed by atoms with E-state index in [1.54, 1.807) is 45.2 Å². The maximum atomic E-state index is 15.6. The van der Waals surface area contributed by atoms with E-state index in [2.05, 4.69) is 6.07 Å². The smallest absolute Gasteiger partial charge is 0.325 e. The summed E-state index contributed by atoms with van der Waals surface area (Å²) >= 11 is 12.3. The molecular weight excluding hydrogens is 521 g/mol. The fraction of sp³-hybridized carbons (Fsp3) is 0.500. The fourth-order valence-electron chi connectivity index (χ4n) is 5.73. The summed E-state index contributed by atoms with van der Waals surface area (Å²) in [6.45, 7) is 9.18. The number of hydrogen-bond donors (Lipinski definition) is 0. The van der Waals surface area contributed by atoms with Crippen molar-refractivity contribution < 1.29 is 23.0 Å². The molecule has 5 nitrogen and oxygen atoms in total. The van der Waals surface area contributed by atoms with Crippen molar-refractivity contribution in [2.45, 2.75) is 64.8 Å². The zero-order valence-corrected chi connectivity index (χ0v) is 23.3. The number of hydrogen-bond acceptors (Lipinski definition) is 5. The third-order valence-corrected chi connectivity index (χ3v) is 7.51. The standard InChI is InChI=1S/C28H32Cl2F2N2O3/c1-17(31)13-18(29)9-8-12-28(15-33)21(14-26(2,3)16-36-6)34-24(25(35)37-27(34,4)5)22(28)19-10-7-11-20(30)23(19)32/h7-13,21-22,24H,14,16H2,1-6H3/b12-8+,17-13+,18-9+/t21-,22-,24+,28+/m0/s1. The third kappa shape index (κ3) is 5.63. The largest absolute Gasteiger partial charge is 0.443 e. The highest BCUT2D eigenvalue weighted by atomic mass is 35.5. The van der Waals surface area contributed by atoms with Crippen LogP contribution in [0.15, 0.2) is 53.4 Å². The molecule has 2 aliphatic rings. The number of cyclic esters (lactones) is 1. The van der Waals surface area contributed by atoms with Crippen LogP contribution in [0.4, 0.5) is 8.78 Å². The van der Waals surface area contributed by atoms with Crippen molar-refractivity contribution in [2.24, 2.45) is 10.8 Å². The van der Waals surface area contributed by atoms with Crippen molar-refractivity contribution in [3.05, 3.63) is 69.8 Å². The first-order valence-electron chi connectivity index (χ1n) is 11.9. The van der Waals surface area contributed by atoms with Crippen LogP contribution in [0.2, 0.25) is 5.02 Å². The number of esters is 1. The molecule has 2 fully saturated rings. The second-order valence-corrected chi connectivity index (χ2v) is 11.7. The minimum atomic E-state index is -1.40. The number of fused-ring (bicyclic) bond motifs is 1. The Bertz CT molecular complexity index is 1180. The molecule has 9 heteroatoms. The number of carbonyl (C=O) groups is 1. The average molecular weight is 553 g/mol. The first kappa shape index (κ1) is 29.3. The highest BCUT2D eigenvalue weighted by Crippen LogP contribution is 2.60. The van der Waals surface area contributed by atoms with Gasteiger partial charge in [0.25, 0.3) is 0 Å². The van der Waals surface area contributed by atoms with E-state index < -0.39 is 52.2 Å². The summed E-state index contributed by atoms with van der Waals surface area (Å²) in [5, 5.41) is 10.8. The summed E-state index contributed by atoms with van der Waals surface area (Å²) in [4.78, 5) is 15.2. The van der Waals surface area contributed by atoms with Gasteiger partial charge in [-0.3, -0.25) is 4.79 Å². The molecule has 1 aromatic rings. The number of benzene rings is 1. The summed E-state index contributed by atoms with van der Waals surface area (Å²) in [6, 6.07) is 5.47. The Kier molecular flexibility index (Phi) is 8.61. The summed E-state index contributed by atoms with van der Waals surface area (Å²) in [5.74, 6) is -2.66. The van der Waals surface area contributed by atoms with E-state index >= 15 is 4.39 Å². The van der Waals surface area contributed by atoms with E-state index in [0.29, 0.717) is 13.0 Å². The summed E-state index contributed by atoms with van der Waals surface area (Å²) in [5.41, 5.74) is -2.73. The second kappa shape index (κ2) is 10.9. The Balaban J connectivity index is 2.32. The number of nitrogens with zero attached hydrogens (tertiary/aromatic N) is 2. The molecule has 0 unspecified atom stereocenters. The quantitative estimate of drug-likeness (QED) is 0.256. The maximum absolute atomic E-state index is 15.6. The van der Waals surface area contributed by atoms with E-state index in [9.17, 15) is 14.4 Å². The van der Waals surface area contributed by atoms with Gasteiger partial charge < -0.3 is 9.47 Å². The molecule has 3 rings (SSSR count). The molecule has 4 atom stereocenters. The number of allylic oxidation sites excluding steroid dienone is 5. The lowest BCUT2D eigenvalue weighted by atomic mass is 9.66. The number of nitriles is 1. The predicted molar refractivity (Wildman–Crippen MR) is 140 cm³/mol. The molecule has 200 valence electrons. The first-order valence-corrected chi connectivity index (χ1v) is 12.7. The molecule has 37 heavy (non-hydrogen) atoms.